The molecule has 186 valence electrons. The first kappa shape index (κ1) is 24.7. The van der Waals surface area contributed by atoms with E-state index in [0.717, 1.165) is 18.7 Å². The van der Waals surface area contributed by atoms with Crippen molar-refractivity contribution in [3.8, 4) is 5.75 Å². The summed E-state index contributed by atoms with van der Waals surface area (Å²) >= 11 is 1.16. The van der Waals surface area contributed by atoms with Gasteiger partial charge in [-0.1, -0.05) is 0 Å². The fourth-order valence-corrected chi connectivity index (χ4v) is 7.63. The first-order valence-electron chi connectivity index (χ1n) is 9.86. The lowest BCUT2D eigenvalue weighted by Gasteiger charge is -2.34. The molecule has 0 spiro atoms. The molecule has 6 unspecified atom stereocenters. The van der Waals surface area contributed by atoms with Crippen molar-refractivity contribution < 1.29 is 54.4 Å². The molecule has 0 radical (unpaired) electrons. The van der Waals surface area contributed by atoms with Crippen molar-refractivity contribution in [3.63, 3.8) is 0 Å². The van der Waals surface area contributed by atoms with Crippen molar-refractivity contribution in [2.45, 2.75) is 54.4 Å². The van der Waals surface area contributed by atoms with Gasteiger partial charge in [0.1, 0.15) is 21.1 Å². The van der Waals surface area contributed by atoms with Gasteiger partial charge in [-0.05, 0) is 13.8 Å². The van der Waals surface area contributed by atoms with Gasteiger partial charge in [0.05, 0.1) is 23.1 Å². The molecule has 3 aliphatic heterocycles. The van der Waals surface area contributed by atoms with E-state index in [1.54, 1.807) is 13.8 Å². The van der Waals surface area contributed by atoms with E-state index in [9.17, 15) is 44.9 Å². The highest BCUT2D eigenvalue weighted by atomic mass is 32.2. The molecule has 1 aromatic carbocycles. The minimum Gasteiger partial charge on any atom is -0.744 e. The summed E-state index contributed by atoms with van der Waals surface area (Å²) in [5, 5.41) is -1.37. The third-order valence-electron chi connectivity index (χ3n) is 6.03. The molecule has 1 aromatic rings. The Kier molecular flexibility index (Phi) is 5.88. The molecular weight excluding hydrogens is 510 g/mol. The molecule has 4 rings (SSSR count). The van der Waals surface area contributed by atoms with Gasteiger partial charge in [0.25, 0.3) is 0 Å². The van der Waals surface area contributed by atoms with Crippen molar-refractivity contribution in [1.82, 2.24) is 4.90 Å². The summed E-state index contributed by atoms with van der Waals surface area (Å²) in [4.78, 5) is 36.7. The Morgan fingerprint density at radius 1 is 1.06 bits per heavy atom. The second-order valence-corrected chi connectivity index (χ2v) is 11.0. The van der Waals surface area contributed by atoms with Crippen molar-refractivity contribution >= 4 is 39.7 Å². The molecule has 15 heteroatoms. The number of halogens is 4. The normalized spacial score (nSPS) is 29.8. The molecular formula is C19H16F4NO8S2-. The summed E-state index contributed by atoms with van der Waals surface area (Å²) in [7, 11) is -5.95. The van der Waals surface area contributed by atoms with Crippen molar-refractivity contribution in [1.29, 1.82) is 0 Å². The van der Waals surface area contributed by atoms with Gasteiger partial charge in [-0.3, -0.25) is 14.4 Å². The average Bonchev–Trinajstić information content (AvgIpc) is 3.31. The largest absolute Gasteiger partial charge is 0.744 e. The average molecular weight is 526 g/mol. The second-order valence-electron chi connectivity index (χ2n) is 8.31. The summed E-state index contributed by atoms with van der Waals surface area (Å²) in [6.45, 7) is 4.54. The number of thioether (sulfide) groups is 1. The van der Waals surface area contributed by atoms with Crippen LogP contribution in [-0.4, -0.2) is 64.4 Å². The van der Waals surface area contributed by atoms with E-state index in [4.69, 9.17) is 4.74 Å². The molecule has 6 atom stereocenters. The number of carbonyl (C=O) groups is 3. The van der Waals surface area contributed by atoms with Crippen LogP contribution in [0.4, 0.5) is 17.6 Å². The molecule has 0 aliphatic carbocycles. The van der Waals surface area contributed by atoms with E-state index in [1.165, 1.54) is 4.90 Å². The molecule has 2 bridgehead atoms. The van der Waals surface area contributed by atoms with Gasteiger partial charge >= 0.3 is 11.9 Å². The van der Waals surface area contributed by atoms with Gasteiger partial charge < -0.3 is 18.9 Å². The number of benzene rings is 1. The van der Waals surface area contributed by atoms with Crippen molar-refractivity contribution in [2.75, 3.05) is 0 Å². The number of carbonyl (C=O) groups excluding carboxylic acids is 3. The number of rotatable bonds is 5. The van der Waals surface area contributed by atoms with Crippen molar-refractivity contribution in [2.24, 2.45) is 11.8 Å². The predicted octanol–water partition coefficient (Wildman–Crippen LogP) is 1.33. The molecule has 0 aromatic heterocycles. The lowest BCUT2D eigenvalue weighted by atomic mass is 9.78. The van der Waals surface area contributed by atoms with Gasteiger partial charge in [0, 0.05) is 18.2 Å². The zero-order valence-electron chi connectivity index (χ0n) is 17.6. The van der Waals surface area contributed by atoms with Gasteiger partial charge in [-0.25, -0.2) is 17.2 Å². The number of ether oxygens (including phenoxy) is 2. The maximum atomic E-state index is 14.3. The van der Waals surface area contributed by atoms with Crippen LogP contribution >= 0.6 is 11.8 Å². The number of nitrogens with zero attached hydrogens (tertiary/aromatic N) is 1. The SMILES string of the molecule is CC(=O)OC1C2SC3C(C(=O)N(C(C)C)C13)C2C(=O)Oc1c(F)c(F)c(S(=O)(=O)[O-])c(F)c1F. The highest BCUT2D eigenvalue weighted by molar-refractivity contribution is 8.01. The lowest BCUT2D eigenvalue weighted by Crippen LogP contribution is -2.51. The summed E-state index contributed by atoms with van der Waals surface area (Å²) in [6.07, 6.45) is -0.953. The Balaban J connectivity index is 1.73. The summed E-state index contributed by atoms with van der Waals surface area (Å²) in [5.74, 6) is -16.8. The molecule has 0 saturated carbocycles. The number of esters is 2. The maximum Gasteiger partial charge on any atom is 0.316 e. The summed E-state index contributed by atoms with van der Waals surface area (Å²) in [5.41, 5.74) is 0. The highest BCUT2D eigenvalue weighted by Gasteiger charge is 2.72. The van der Waals surface area contributed by atoms with Crippen LogP contribution in [0.15, 0.2) is 4.90 Å². The minimum absolute atomic E-state index is 0.336. The lowest BCUT2D eigenvalue weighted by molar-refractivity contribution is -0.153. The van der Waals surface area contributed by atoms with Gasteiger partial charge in [-0.2, -0.15) is 8.78 Å². The van der Waals surface area contributed by atoms with Gasteiger partial charge in [0.2, 0.25) is 23.3 Å². The number of hydrogen-bond acceptors (Lipinski definition) is 9. The summed E-state index contributed by atoms with van der Waals surface area (Å²) in [6, 6.07) is -0.887. The number of amides is 1. The van der Waals surface area contributed by atoms with E-state index >= 15 is 0 Å². The Hall–Kier alpha value is -2.39. The molecule has 3 saturated heterocycles. The third kappa shape index (κ3) is 3.47. The first-order chi connectivity index (χ1) is 15.7. The first-order valence-corrected chi connectivity index (χ1v) is 12.2. The topological polar surface area (TPSA) is 130 Å². The quantitative estimate of drug-likeness (QED) is 0.183. The molecule has 3 heterocycles. The Morgan fingerprint density at radius 3 is 2.09 bits per heavy atom. The van der Waals surface area contributed by atoms with Gasteiger partial charge in [-0.15, -0.1) is 11.8 Å². The van der Waals surface area contributed by atoms with Crippen LogP contribution in [0.25, 0.3) is 0 Å². The molecule has 34 heavy (non-hydrogen) atoms. The molecule has 3 fully saturated rings. The van der Waals surface area contributed by atoms with Crippen LogP contribution < -0.4 is 4.74 Å². The fourth-order valence-electron chi connectivity index (χ4n) is 4.92. The Labute approximate surface area is 194 Å². The standard InChI is InChI=1S/C19H17F4NO8S2/c1-4(2)24-12-14(31-5(3)25)16-7(6(18(24)26)15(12)33-16)19(27)32-13-8(20)10(22)17(34(28,29)30)11(23)9(13)21/h4,6-7,12,14-16H,1-3H3,(H,28,29,30)/p-1. The van der Waals surface area contributed by atoms with E-state index in [0.29, 0.717) is 0 Å². The molecule has 1 amide bonds. The Morgan fingerprint density at radius 2 is 1.62 bits per heavy atom. The van der Waals surface area contributed by atoms with Crippen LogP contribution in [0.5, 0.6) is 5.75 Å². The summed E-state index contributed by atoms with van der Waals surface area (Å²) < 4.78 is 99.7. The predicted molar refractivity (Wildman–Crippen MR) is 103 cm³/mol. The number of hydrogen-bond donors (Lipinski definition) is 0. The van der Waals surface area contributed by atoms with Crippen LogP contribution in [0.3, 0.4) is 0 Å². The fraction of sp³-hybridized carbons (Fsp3) is 0.526. The number of likely N-dealkylation sites (tertiary alicyclic amines) is 1. The van der Waals surface area contributed by atoms with Gasteiger partial charge in [0.15, 0.2) is 11.6 Å². The maximum absolute atomic E-state index is 14.3. The zero-order chi connectivity index (χ0) is 25.4. The second kappa shape index (κ2) is 8.09. The monoisotopic (exact) mass is 526 g/mol. The van der Waals surface area contributed by atoms with Crippen LogP contribution in [0, 0.1) is 35.1 Å². The highest BCUT2D eigenvalue weighted by Crippen LogP contribution is 2.60. The van der Waals surface area contributed by atoms with Crippen molar-refractivity contribution in [3.05, 3.63) is 23.3 Å². The number of fused-ring (bicyclic) bond motifs is 1. The van der Waals surface area contributed by atoms with Crippen LogP contribution in [0.2, 0.25) is 0 Å². The molecule has 3 aliphatic rings. The van der Waals surface area contributed by atoms with E-state index in [1.807, 2.05) is 0 Å². The van der Waals surface area contributed by atoms with E-state index < -0.39 is 96.4 Å². The van der Waals surface area contributed by atoms with E-state index in [-0.39, 0.29) is 6.04 Å². The minimum atomic E-state index is -5.95. The molecule has 9 nitrogen and oxygen atoms in total. The van der Waals surface area contributed by atoms with E-state index in [2.05, 4.69) is 4.74 Å². The third-order valence-corrected chi connectivity index (χ3v) is 8.65. The zero-order valence-corrected chi connectivity index (χ0v) is 19.2. The molecule has 0 N–H and O–H groups in total. The Bertz CT molecular complexity index is 1190. The smallest absolute Gasteiger partial charge is 0.316 e. The van der Waals surface area contributed by atoms with Crippen LogP contribution in [0.1, 0.15) is 20.8 Å². The van der Waals surface area contributed by atoms with Crippen LogP contribution in [-0.2, 0) is 29.2 Å².